The Bertz CT molecular complexity index is 1060. The Hall–Kier alpha value is -3.31. The molecule has 2 N–H and O–H groups in total. The van der Waals surface area contributed by atoms with Crippen LogP contribution in [0.5, 0.6) is 0 Å². The Morgan fingerprint density at radius 2 is 1.68 bits per heavy atom. The van der Waals surface area contributed by atoms with E-state index in [1.165, 1.54) is 0 Å². The van der Waals surface area contributed by atoms with Crippen LogP contribution in [0.15, 0.2) is 18.2 Å². The number of rotatable bonds is 6. The van der Waals surface area contributed by atoms with E-state index < -0.39 is 35.6 Å². The zero-order chi connectivity index (χ0) is 24.0. The summed E-state index contributed by atoms with van der Waals surface area (Å²) in [5, 5.41) is 11.1. The minimum Gasteiger partial charge on any atom is -0.480 e. The molecule has 3 fully saturated rings. The van der Waals surface area contributed by atoms with Gasteiger partial charge >= 0.3 is 5.97 Å². The molecule has 4 aliphatic rings. The van der Waals surface area contributed by atoms with Gasteiger partial charge in [-0.2, -0.15) is 0 Å². The molecule has 1 atom stereocenters. The fourth-order valence-corrected chi connectivity index (χ4v) is 5.32. The first kappa shape index (κ1) is 22.5. The number of nitrogens with one attached hydrogen (secondary N) is 1. The fraction of sp³-hybridized carbons (Fsp3) is 0.522. The summed E-state index contributed by atoms with van der Waals surface area (Å²) in [4.78, 5) is 67.8. The summed E-state index contributed by atoms with van der Waals surface area (Å²) in [6.45, 7) is 5.97. The van der Waals surface area contributed by atoms with E-state index in [-0.39, 0.29) is 24.9 Å². The van der Waals surface area contributed by atoms with E-state index in [9.17, 15) is 24.0 Å². The number of amides is 4. The molecule has 11 heteroatoms. The summed E-state index contributed by atoms with van der Waals surface area (Å²) in [7, 11) is 0. The van der Waals surface area contributed by atoms with E-state index in [1.54, 1.807) is 12.1 Å². The highest BCUT2D eigenvalue weighted by Crippen LogP contribution is 2.31. The van der Waals surface area contributed by atoms with E-state index in [0.717, 1.165) is 56.4 Å². The molecule has 4 amide bonds. The number of carboxylic acid groups (broad SMARTS) is 1. The average molecular weight is 469 g/mol. The van der Waals surface area contributed by atoms with Crippen molar-refractivity contribution < 1.29 is 29.1 Å². The summed E-state index contributed by atoms with van der Waals surface area (Å²) in [6.07, 6.45) is 0.234. The molecule has 11 nitrogen and oxygen atoms in total. The van der Waals surface area contributed by atoms with Crippen LogP contribution >= 0.6 is 0 Å². The van der Waals surface area contributed by atoms with Crippen LogP contribution in [0.25, 0.3) is 0 Å². The first-order valence-corrected chi connectivity index (χ1v) is 11.6. The van der Waals surface area contributed by atoms with Crippen molar-refractivity contribution in [2.24, 2.45) is 5.92 Å². The third kappa shape index (κ3) is 4.16. The van der Waals surface area contributed by atoms with Crippen molar-refractivity contribution in [3.63, 3.8) is 0 Å². The molecule has 0 bridgehead atoms. The number of likely N-dealkylation sites (tertiary alicyclic amines) is 1. The van der Waals surface area contributed by atoms with Gasteiger partial charge in [-0.15, -0.1) is 0 Å². The predicted molar refractivity (Wildman–Crippen MR) is 119 cm³/mol. The van der Waals surface area contributed by atoms with Crippen molar-refractivity contribution in [1.82, 2.24) is 20.0 Å². The number of carbonyl (C=O) groups excluding carboxylic acids is 4. The topological polar surface area (TPSA) is 131 Å². The van der Waals surface area contributed by atoms with Crippen LogP contribution in [-0.4, -0.2) is 108 Å². The second kappa shape index (κ2) is 8.80. The summed E-state index contributed by atoms with van der Waals surface area (Å²) in [5.41, 5.74) is 1.44. The van der Waals surface area contributed by atoms with Crippen LogP contribution in [0.2, 0.25) is 0 Å². The van der Waals surface area contributed by atoms with Crippen LogP contribution in [0.4, 0.5) is 5.69 Å². The Balaban J connectivity index is 1.19. The maximum atomic E-state index is 13.0. The molecule has 180 valence electrons. The number of fused-ring (bicyclic) bond motifs is 1. The molecule has 0 unspecified atom stereocenters. The zero-order valence-corrected chi connectivity index (χ0v) is 18.7. The van der Waals surface area contributed by atoms with Crippen molar-refractivity contribution in [2.75, 3.05) is 57.3 Å². The lowest BCUT2D eigenvalue weighted by Crippen LogP contribution is -2.55. The molecule has 5 rings (SSSR count). The standard InChI is InChI=1S/C23H27N5O6/c29-19-4-3-18(21(32)24-19)28-22(33)16-2-1-15(9-17(16)23(28)34)27-7-5-25(6-8-27)10-14-11-26(12-14)13-20(30)31/h1-2,9,14,18H,3-8,10-13H2,(H,30,31)(H,24,29,32)/t18-/m0/s1. The number of nitrogens with zero attached hydrogens (tertiary/aromatic N) is 4. The van der Waals surface area contributed by atoms with Gasteiger partial charge in [0.05, 0.1) is 17.7 Å². The molecule has 4 heterocycles. The van der Waals surface area contributed by atoms with Gasteiger partial charge in [-0.25, -0.2) is 0 Å². The number of piperazine rings is 1. The maximum absolute atomic E-state index is 13.0. The first-order valence-electron chi connectivity index (χ1n) is 11.6. The second-order valence-corrected chi connectivity index (χ2v) is 9.42. The number of carbonyl (C=O) groups is 5. The number of imide groups is 2. The SMILES string of the molecule is O=C(O)CN1CC(CN2CCN(c3ccc4c(c3)C(=O)N([C@H]3CCC(=O)NC3=O)C4=O)CC2)C1. The first-order chi connectivity index (χ1) is 16.3. The summed E-state index contributed by atoms with van der Waals surface area (Å²) >= 11 is 0. The molecule has 4 aliphatic heterocycles. The van der Waals surface area contributed by atoms with Crippen molar-refractivity contribution in [1.29, 1.82) is 0 Å². The molecule has 34 heavy (non-hydrogen) atoms. The van der Waals surface area contributed by atoms with Crippen LogP contribution < -0.4 is 10.2 Å². The highest BCUT2D eigenvalue weighted by atomic mass is 16.4. The Morgan fingerprint density at radius 1 is 0.971 bits per heavy atom. The van der Waals surface area contributed by atoms with Crippen molar-refractivity contribution in [3.8, 4) is 0 Å². The van der Waals surface area contributed by atoms with Gasteiger partial charge in [0.1, 0.15) is 6.04 Å². The third-order valence-corrected chi connectivity index (χ3v) is 7.07. The lowest BCUT2D eigenvalue weighted by Gasteiger charge is -2.43. The highest BCUT2D eigenvalue weighted by Gasteiger charge is 2.44. The summed E-state index contributed by atoms with van der Waals surface area (Å²) < 4.78 is 0. The number of aliphatic carboxylic acids is 1. The van der Waals surface area contributed by atoms with Gasteiger partial charge in [-0.1, -0.05) is 0 Å². The zero-order valence-electron chi connectivity index (χ0n) is 18.7. The molecule has 1 aromatic carbocycles. The number of benzene rings is 1. The van der Waals surface area contributed by atoms with E-state index in [2.05, 4.69) is 15.1 Å². The summed E-state index contributed by atoms with van der Waals surface area (Å²) in [5.74, 6) is -2.29. The number of anilines is 1. The van der Waals surface area contributed by atoms with Gasteiger partial charge in [0.2, 0.25) is 11.8 Å². The largest absolute Gasteiger partial charge is 0.480 e. The minimum atomic E-state index is -0.963. The maximum Gasteiger partial charge on any atom is 0.317 e. The molecule has 0 radical (unpaired) electrons. The lowest BCUT2D eigenvalue weighted by atomic mass is 9.99. The van der Waals surface area contributed by atoms with E-state index in [4.69, 9.17) is 5.11 Å². The van der Waals surface area contributed by atoms with Gasteiger partial charge in [0.15, 0.2) is 0 Å². The molecular formula is C23H27N5O6. The highest BCUT2D eigenvalue weighted by molar-refractivity contribution is 6.23. The number of hydrogen-bond acceptors (Lipinski definition) is 8. The van der Waals surface area contributed by atoms with Gasteiger partial charge in [0.25, 0.3) is 11.8 Å². The van der Waals surface area contributed by atoms with Crippen molar-refractivity contribution >= 4 is 35.3 Å². The van der Waals surface area contributed by atoms with E-state index in [1.807, 2.05) is 11.0 Å². The Morgan fingerprint density at radius 3 is 2.35 bits per heavy atom. The molecule has 0 aliphatic carbocycles. The normalized spacial score (nSPS) is 24.3. The van der Waals surface area contributed by atoms with Gasteiger partial charge < -0.3 is 10.0 Å². The van der Waals surface area contributed by atoms with Gasteiger partial charge in [0, 0.05) is 57.9 Å². The van der Waals surface area contributed by atoms with Gasteiger partial charge in [-0.3, -0.25) is 44.0 Å². The minimum absolute atomic E-state index is 0.0950. The quantitative estimate of drug-likeness (QED) is 0.516. The molecule has 0 aromatic heterocycles. The van der Waals surface area contributed by atoms with E-state index in [0.29, 0.717) is 11.5 Å². The van der Waals surface area contributed by atoms with E-state index >= 15 is 0 Å². The van der Waals surface area contributed by atoms with Crippen molar-refractivity contribution in [3.05, 3.63) is 29.3 Å². The Labute approximate surface area is 196 Å². The fourth-order valence-electron chi connectivity index (χ4n) is 5.32. The van der Waals surface area contributed by atoms with Crippen LogP contribution in [-0.2, 0) is 14.4 Å². The van der Waals surface area contributed by atoms with Crippen LogP contribution in [0, 0.1) is 5.92 Å². The van der Waals surface area contributed by atoms with Crippen LogP contribution in [0.1, 0.15) is 33.6 Å². The molecule has 0 saturated carbocycles. The summed E-state index contributed by atoms with van der Waals surface area (Å²) in [6, 6.07) is 4.25. The predicted octanol–water partition coefficient (Wildman–Crippen LogP) is -0.774. The van der Waals surface area contributed by atoms with Gasteiger partial charge in [-0.05, 0) is 30.5 Å². The number of carboxylic acids is 1. The Kier molecular flexibility index (Phi) is 5.82. The number of piperidine rings is 1. The van der Waals surface area contributed by atoms with Crippen molar-refractivity contribution in [2.45, 2.75) is 18.9 Å². The average Bonchev–Trinajstić information content (AvgIpc) is 3.02. The molecule has 0 spiro atoms. The smallest absolute Gasteiger partial charge is 0.317 e. The monoisotopic (exact) mass is 469 g/mol. The molecular weight excluding hydrogens is 442 g/mol. The third-order valence-electron chi connectivity index (χ3n) is 7.07. The second-order valence-electron chi connectivity index (χ2n) is 9.42. The lowest BCUT2D eigenvalue weighted by molar-refractivity contribution is -0.140. The number of hydrogen-bond donors (Lipinski definition) is 2. The van der Waals surface area contributed by atoms with Crippen LogP contribution in [0.3, 0.4) is 0 Å². The molecule has 1 aromatic rings. The molecule has 3 saturated heterocycles.